The minimum atomic E-state index is 0.114. The standard InChI is InChI=1S/C17H26N2O/c1-2-14-9-7-8-12-16(14)18-13-17(20)19-15-10-5-3-4-6-11-15/h7-9,12,15,18H,2-6,10-11,13H2,1H3,(H,19,20). The maximum atomic E-state index is 12.0. The number of nitrogens with one attached hydrogen (secondary N) is 2. The molecule has 110 valence electrons. The molecule has 1 aliphatic carbocycles. The molecule has 0 bridgehead atoms. The molecule has 3 nitrogen and oxygen atoms in total. The Balaban J connectivity index is 1.79. The van der Waals surface area contributed by atoms with Crippen LogP contribution in [-0.4, -0.2) is 18.5 Å². The molecule has 0 aromatic heterocycles. The molecule has 1 fully saturated rings. The van der Waals surface area contributed by atoms with Crippen LogP contribution >= 0.6 is 0 Å². The summed E-state index contributed by atoms with van der Waals surface area (Å²) in [4.78, 5) is 12.0. The zero-order valence-electron chi connectivity index (χ0n) is 12.5. The van der Waals surface area contributed by atoms with Crippen LogP contribution in [0, 0.1) is 0 Å². The molecule has 0 spiro atoms. The van der Waals surface area contributed by atoms with E-state index in [2.05, 4.69) is 23.6 Å². The van der Waals surface area contributed by atoms with Gasteiger partial charge in [-0.3, -0.25) is 4.79 Å². The van der Waals surface area contributed by atoms with Crippen molar-refractivity contribution in [3.8, 4) is 0 Å². The summed E-state index contributed by atoms with van der Waals surface area (Å²) in [6.07, 6.45) is 8.37. The van der Waals surface area contributed by atoms with Gasteiger partial charge in [0.1, 0.15) is 0 Å². The fraction of sp³-hybridized carbons (Fsp3) is 0.588. The molecule has 2 N–H and O–H groups in total. The summed E-state index contributed by atoms with van der Waals surface area (Å²) >= 11 is 0. The number of amides is 1. The number of hydrogen-bond acceptors (Lipinski definition) is 2. The summed E-state index contributed by atoms with van der Waals surface area (Å²) < 4.78 is 0. The highest BCUT2D eigenvalue weighted by Crippen LogP contribution is 2.17. The maximum Gasteiger partial charge on any atom is 0.239 e. The van der Waals surface area contributed by atoms with Crippen LogP contribution in [0.5, 0.6) is 0 Å². The Hall–Kier alpha value is -1.51. The highest BCUT2D eigenvalue weighted by Gasteiger charge is 2.14. The van der Waals surface area contributed by atoms with Crippen molar-refractivity contribution >= 4 is 11.6 Å². The Kier molecular flexibility index (Phi) is 5.90. The number of rotatable bonds is 5. The van der Waals surface area contributed by atoms with Crippen molar-refractivity contribution in [2.24, 2.45) is 0 Å². The van der Waals surface area contributed by atoms with E-state index in [1.54, 1.807) is 0 Å². The van der Waals surface area contributed by atoms with Gasteiger partial charge in [0.25, 0.3) is 0 Å². The second-order valence-electron chi connectivity index (χ2n) is 5.62. The molecule has 3 heteroatoms. The minimum Gasteiger partial charge on any atom is -0.376 e. The van der Waals surface area contributed by atoms with Crippen LogP contribution in [0.25, 0.3) is 0 Å². The van der Waals surface area contributed by atoms with Gasteiger partial charge in [-0.2, -0.15) is 0 Å². The van der Waals surface area contributed by atoms with Crippen LogP contribution in [0.4, 0.5) is 5.69 Å². The molecular formula is C17H26N2O. The first-order valence-corrected chi connectivity index (χ1v) is 7.90. The van der Waals surface area contributed by atoms with Crippen LogP contribution in [-0.2, 0) is 11.2 Å². The van der Waals surface area contributed by atoms with Gasteiger partial charge in [-0.15, -0.1) is 0 Å². The van der Waals surface area contributed by atoms with E-state index >= 15 is 0 Å². The molecule has 0 aliphatic heterocycles. The van der Waals surface area contributed by atoms with E-state index < -0.39 is 0 Å². The number of carbonyl (C=O) groups excluding carboxylic acids is 1. The molecular weight excluding hydrogens is 248 g/mol. The third-order valence-electron chi connectivity index (χ3n) is 4.06. The molecule has 1 aromatic rings. The zero-order chi connectivity index (χ0) is 14.2. The molecule has 20 heavy (non-hydrogen) atoms. The maximum absolute atomic E-state index is 12.0. The van der Waals surface area contributed by atoms with E-state index in [-0.39, 0.29) is 5.91 Å². The van der Waals surface area contributed by atoms with Gasteiger partial charge < -0.3 is 10.6 Å². The fourth-order valence-electron chi connectivity index (χ4n) is 2.88. The topological polar surface area (TPSA) is 41.1 Å². The normalized spacial score (nSPS) is 16.4. The van der Waals surface area contributed by atoms with Crippen LogP contribution in [0.3, 0.4) is 0 Å². The lowest BCUT2D eigenvalue weighted by Gasteiger charge is -2.17. The van der Waals surface area contributed by atoms with E-state index in [1.165, 1.54) is 31.2 Å². The van der Waals surface area contributed by atoms with E-state index in [9.17, 15) is 4.79 Å². The number of para-hydroxylation sites is 1. The number of carbonyl (C=O) groups is 1. The summed E-state index contributed by atoms with van der Waals surface area (Å²) in [5.41, 5.74) is 2.33. The first kappa shape index (κ1) is 14.9. The van der Waals surface area contributed by atoms with Crippen molar-refractivity contribution in [3.63, 3.8) is 0 Å². The van der Waals surface area contributed by atoms with Crippen molar-refractivity contribution in [2.75, 3.05) is 11.9 Å². The number of hydrogen-bond donors (Lipinski definition) is 2. The van der Waals surface area contributed by atoms with Crippen LogP contribution in [0.15, 0.2) is 24.3 Å². The van der Waals surface area contributed by atoms with E-state index in [0.29, 0.717) is 12.6 Å². The lowest BCUT2D eigenvalue weighted by molar-refractivity contribution is -0.120. The quantitative estimate of drug-likeness (QED) is 0.807. The summed E-state index contributed by atoms with van der Waals surface area (Å²) in [6, 6.07) is 8.57. The Morgan fingerprint density at radius 1 is 1.15 bits per heavy atom. The first-order valence-electron chi connectivity index (χ1n) is 7.90. The average Bonchev–Trinajstić information content (AvgIpc) is 2.74. The molecule has 0 atom stereocenters. The van der Waals surface area contributed by atoms with E-state index in [0.717, 1.165) is 24.9 Å². The summed E-state index contributed by atoms with van der Waals surface area (Å²) in [7, 11) is 0. The first-order chi connectivity index (χ1) is 9.79. The molecule has 1 saturated carbocycles. The highest BCUT2D eigenvalue weighted by atomic mass is 16.1. The summed E-state index contributed by atoms with van der Waals surface area (Å²) in [6.45, 7) is 2.50. The van der Waals surface area contributed by atoms with Gasteiger partial charge >= 0.3 is 0 Å². The van der Waals surface area contributed by atoms with E-state index in [4.69, 9.17) is 0 Å². The number of benzene rings is 1. The molecule has 0 heterocycles. The number of aryl methyl sites for hydroxylation is 1. The number of anilines is 1. The van der Waals surface area contributed by atoms with Crippen LogP contribution in [0.2, 0.25) is 0 Å². The van der Waals surface area contributed by atoms with Gasteiger partial charge in [0.15, 0.2) is 0 Å². The largest absolute Gasteiger partial charge is 0.376 e. The molecule has 0 saturated heterocycles. The fourth-order valence-corrected chi connectivity index (χ4v) is 2.88. The molecule has 0 radical (unpaired) electrons. The highest BCUT2D eigenvalue weighted by molar-refractivity contribution is 5.81. The van der Waals surface area contributed by atoms with Crippen molar-refractivity contribution < 1.29 is 4.79 Å². The third kappa shape index (κ3) is 4.55. The van der Waals surface area contributed by atoms with Crippen molar-refractivity contribution in [2.45, 2.75) is 57.9 Å². The monoisotopic (exact) mass is 274 g/mol. The van der Waals surface area contributed by atoms with Gasteiger partial charge in [0.05, 0.1) is 6.54 Å². The van der Waals surface area contributed by atoms with Crippen molar-refractivity contribution in [1.29, 1.82) is 0 Å². The van der Waals surface area contributed by atoms with Crippen LogP contribution in [0.1, 0.15) is 51.0 Å². The van der Waals surface area contributed by atoms with Crippen LogP contribution < -0.4 is 10.6 Å². The zero-order valence-corrected chi connectivity index (χ0v) is 12.5. The lowest BCUT2D eigenvalue weighted by atomic mass is 10.1. The van der Waals surface area contributed by atoms with Gasteiger partial charge in [0.2, 0.25) is 5.91 Å². The summed E-state index contributed by atoms with van der Waals surface area (Å²) in [5.74, 6) is 0.114. The van der Waals surface area contributed by atoms with E-state index in [1.807, 2.05) is 18.2 Å². The SMILES string of the molecule is CCc1ccccc1NCC(=O)NC1CCCCCC1. The predicted octanol–water partition coefficient (Wildman–Crippen LogP) is 3.50. The average molecular weight is 274 g/mol. The summed E-state index contributed by atoms with van der Waals surface area (Å²) in [5, 5.41) is 6.42. The van der Waals surface area contributed by atoms with Crippen molar-refractivity contribution in [3.05, 3.63) is 29.8 Å². The smallest absolute Gasteiger partial charge is 0.239 e. The lowest BCUT2D eigenvalue weighted by Crippen LogP contribution is -2.38. The molecule has 1 aromatic carbocycles. The second-order valence-corrected chi connectivity index (χ2v) is 5.62. The Bertz CT molecular complexity index is 423. The van der Waals surface area contributed by atoms with Gasteiger partial charge in [-0.25, -0.2) is 0 Å². The predicted molar refractivity (Wildman–Crippen MR) is 83.9 cm³/mol. The molecule has 1 amide bonds. The van der Waals surface area contributed by atoms with Gasteiger partial charge in [0, 0.05) is 11.7 Å². The Labute approximate surface area is 122 Å². The van der Waals surface area contributed by atoms with Gasteiger partial charge in [-0.05, 0) is 30.9 Å². The van der Waals surface area contributed by atoms with Gasteiger partial charge in [-0.1, -0.05) is 50.8 Å². The Morgan fingerprint density at radius 3 is 2.55 bits per heavy atom. The Morgan fingerprint density at radius 2 is 1.85 bits per heavy atom. The molecule has 0 unspecified atom stereocenters. The third-order valence-corrected chi connectivity index (χ3v) is 4.06. The molecule has 2 rings (SSSR count). The second kappa shape index (κ2) is 7.93. The minimum absolute atomic E-state index is 0.114. The molecule has 1 aliphatic rings. The van der Waals surface area contributed by atoms with Crippen molar-refractivity contribution in [1.82, 2.24) is 5.32 Å².